The summed E-state index contributed by atoms with van der Waals surface area (Å²) in [6.07, 6.45) is 2.34. The Bertz CT molecular complexity index is 719. The van der Waals surface area contributed by atoms with Gasteiger partial charge in [-0.25, -0.2) is 0 Å². The summed E-state index contributed by atoms with van der Waals surface area (Å²) < 4.78 is 0. The van der Waals surface area contributed by atoms with Gasteiger partial charge in [0.05, 0.1) is 11.1 Å². The zero-order valence-electron chi connectivity index (χ0n) is 11.6. The Morgan fingerprint density at radius 2 is 1.67 bits per heavy atom. The molecule has 0 fully saturated rings. The molecule has 0 aromatic heterocycles. The van der Waals surface area contributed by atoms with Gasteiger partial charge in [-0.2, -0.15) is 0 Å². The third-order valence-electron chi connectivity index (χ3n) is 3.70. The van der Waals surface area contributed by atoms with E-state index in [1.54, 1.807) is 24.3 Å². The van der Waals surface area contributed by atoms with Crippen molar-refractivity contribution in [3.05, 3.63) is 77.4 Å². The first-order valence-corrected chi connectivity index (χ1v) is 6.87. The molecule has 0 spiro atoms. The minimum absolute atomic E-state index is 0.207. The van der Waals surface area contributed by atoms with E-state index in [-0.39, 0.29) is 11.8 Å². The number of amides is 2. The first-order chi connectivity index (χ1) is 10.2. The lowest BCUT2D eigenvalue weighted by molar-refractivity contribution is 0.0656. The highest BCUT2D eigenvalue weighted by Crippen LogP contribution is 2.24. The molecule has 3 nitrogen and oxygen atoms in total. The van der Waals surface area contributed by atoms with Crippen molar-refractivity contribution in [2.75, 3.05) is 6.54 Å². The molecular weight excluding hydrogens is 262 g/mol. The van der Waals surface area contributed by atoms with Gasteiger partial charge < -0.3 is 0 Å². The quantitative estimate of drug-likeness (QED) is 0.805. The Balaban J connectivity index is 1.81. The lowest BCUT2D eigenvalue weighted by Crippen LogP contribution is -2.31. The topological polar surface area (TPSA) is 37.4 Å². The van der Waals surface area contributed by atoms with Gasteiger partial charge in [0.25, 0.3) is 11.8 Å². The second kappa shape index (κ2) is 5.37. The number of hydrogen-bond donors (Lipinski definition) is 0. The van der Waals surface area contributed by atoms with Crippen molar-refractivity contribution in [3.8, 4) is 0 Å². The number of rotatable bonds is 4. The summed E-state index contributed by atoms with van der Waals surface area (Å²) in [5, 5.41) is 0. The highest BCUT2D eigenvalue weighted by molar-refractivity contribution is 6.21. The van der Waals surface area contributed by atoms with Crippen LogP contribution in [-0.2, 0) is 6.42 Å². The van der Waals surface area contributed by atoms with E-state index in [0.717, 1.165) is 11.1 Å². The maximum absolute atomic E-state index is 12.4. The summed E-state index contributed by atoms with van der Waals surface area (Å²) >= 11 is 0. The standard InChI is InChI=1S/C18H15NO2/c1-2-13-8-9-15-16(12-13)18(21)19(17(15)20)11-10-14-6-4-3-5-7-14/h2-9,12H,1,10-11H2. The fourth-order valence-electron chi connectivity index (χ4n) is 2.52. The lowest BCUT2D eigenvalue weighted by atomic mass is 10.1. The first-order valence-electron chi connectivity index (χ1n) is 6.87. The molecule has 1 aliphatic heterocycles. The van der Waals surface area contributed by atoms with Crippen molar-refractivity contribution >= 4 is 17.9 Å². The fourth-order valence-corrected chi connectivity index (χ4v) is 2.52. The van der Waals surface area contributed by atoms with Crippen LogP contribution in [0.3, 0.4) is 0 Å². The number of imide groups is 1. The molecule has 0 N–H and O–H groups in total. The third-order valence-corrected chi connectivity index (χ3v) is 3.70. The van der Waals surface area contributed by atoms with Gasteiger partial charge in [0, 0.05) is 6.54 Å². The molecule has 2 aromatic rings. The number of hydrogen-bond acceptors (Lipinski definition) is 2. The van der Waals surface area contributed by atoms with Crippen LogP contribution in [-0.4, -0.2) is 23.3 Å². The van der Waals surface area contributed by atoms with Crippen LogP contribution < -0.4 is 0 Å². The third kappa shape index (κ3) is 2.38. The van der Waals surface area contributed by atoms with Crippen molar-refractivity contribution in [1.29, 1.82) is 0 Å². The first kappa shape index (κ1) is 13.3. The Morgan fingerprint density at radius 3 is 2.38 bits per heavy atom. The van der Waals surface area contributed by atoms with Crippen molar-refractivity contribution in [3.63, 3.8) is 0 Å². The molecule has 21 heavy (non-hydrogen) atoms. The molecule has 0 saturated carbocycles. The predicted molar refractivity (Wildman–Crippen MR) is 82.0 cm³/mol. The molecule has 1 aliphatic rings. The number of carbonyl (C=O) groups excluding carboxylic acids is 2. The van der Waals surface area contributed by atoms with Crippen molar-refractivity contribution in [2.45, 2.75) is 6.42 Å². The van der Waals surface area contributed by atoms with Crippen molar-refractivity contribution in [1.82, 2.24) is 4.90 Å². The molecular formula is C18H15NO2. The Morgan fingerprint density at radius 1 is 0.952 bits per heavy atom. The van der Waals surface area contributed by atoms with E-state index in [9.17, 15) is 9.59 Å². The van der Waals surface area contributed by atoms with Crippen molar-refractivity contribution in [2.24, 2.45) is 0 Å². The number of fused-ring (bicyclic) bond motifs is 1. The van der Waals surface area contributed by atoms with Crippen LogP contribution in [0.2, 0.25) is 0 Å². The molecule has 0 atom stereocenters. The van der Waals surface area contributed by atoms with Gasteiger partial charge in [-0.3, -0.25) is 14.5 Å². The van der Waals surface area contributed by atoms with E-state index in [0.29, 0.717) is 24.1 Å². The van der Waals surface area contributed by atoms with E-state index in [1.807, 2.05) is 30.3 Å². The van der Waals surface area contributed by atoms with E-state index in [2.05, 4.69) is 6.58 Å². The van der Waals surface area contributed by atoms with E-state index >= 15 is 0 Å². The fraction of sp³-hybridized carbons (Fsp3) is 0.111. The monoisotopic (exact) mass is 277 g/mol. The summed E-state index contributed by atoms with van der Waals surface area (Å²) in [5.74, 6) is -0.420. The molecule has 1 heterocycles. The van der Waals surface area contributed by atoms with Crippen LogP contribution in [0.25, 0.3) is 6.08 Å². The van der Waals surface area contributed by atoms with Gasteiger partial charge in [-0.1, -0.05) is 49.1 Å². The van der Waals surface area contributed by atoms with Crippen LogP contribution >= 0.6 is 0 Å². The molecule has 2 amide bonds. The molecule has 104 valence electrons. The van der Waals surface area contributed by atoms with Gasteiger partial charge in [-0.15, -0.1) is 0 Å². The minimum Gasteiger partial charge on any atom is -0.274 e. The summed E-state index contributed by atoms with van der Waals surface area (Å²) in [7, 11) is 0. The van der Waals surface area contributed by atoms with E-state index in [1.165, 1.54) is 4.90 Å². The van der Waals surface area contributed by atoms with Gasteiger partial charge in [0.1, 0.15) is 0 Å². The van der Waals surface area contributed by atoms with Crippen LogP contribution in [0.15, 0.2) is 55.1 Å². The van der Waals surface area contributed by atoms with Crippen LogP contribution in [0.5, 0.6) is 0 Å². The summed E-state index contributed by atoms with van der Waals surface area (Å²) in [6, 6.07) is 15.1. The normalized spacial score (nSPS) is 13.4. The predicted octanol–water partition coefficient (Wildman–Crippen LogP) is 3.17. The number of carbonyl (C=O) groups is 2. The Labute approximate surface area is 123 Å². The lowest BCUT2D eigenvalue weighted by Gasteiger charge is -2.13. The Hall–Kier alpha value is -2.68. The highest BCUT2D eigenvalue weighted by atomic mass is 16.2. The van der Waals surface area contributed by atoms with Crippen LogP contribution in [0, 0.1) is 0 Å². The molecule has 0 bridgehead atoms. The average Bonchev–Trinajstić information content (AvgIpc) is 2.77. The zero-order chi connectivity index (χ0) is 14.8. The number of nitrogens with zero attached hydrogens (tertiary/aromatic N) is 1. The van der Waals surface area contributed by atoms with E-state index in [4.69, 9.17) is 0 Å². The van der Waals surface area contributed by atoms with Gasteiger partial charge in [0.2, 0.25) is 0 Å². The van der Waals surface area contributed by atoms with Gasteiger partial charge >= 0.3 is 0 Å². The zero-order valence-corrected chi connectivity index (χ0v) is 11.6. The molecule has 0 aliphatic carbocycles. The van der Waals surface area contributed by atoms with Gasteiger partial charge in [-0.05, 0) is 29.7 Å². The number of benzene rings is 2. The molecule has 0 unspecified atom stereocenters. The smallest absolute Gasteiger partial charge is 0.261 e. The summed E-state index contributed by atoms with van der Waals surface area (Å²) in [6.45, 7) is 4.09. The minimum atomic E-state index is -0.213. The molecule has 3 rings (SSSR count). The summed E-state index contributed by atoms with van der Waals surface area (Å²) in [4.78, 5) is 26.0. The maximum atomic E-state index is 12.4. The van der Waals surface area contributed by atoms with Crippen molar-refractivity contribution < 1.29 is 9.59 Å². The maximum Gasteiger partial charge on any atom is 0.261 e. The highest BCUT2D eigenvalue weighted by Gasteiger charge is 2.34. The largest absolute Gasteiger partial charge is 0.274 e. The SMILES string of the molecule is C=Cc1ccc2c(c1)C(=O)N(CCc1ccccc1)C2=O. The summed E-state index contributed by atoms with van der Waals surface area (Å²) in [5.41, 5.74) is 2.92. The van der Waals surface area contributed by atoms with Crippen LogP contribution in [0.1, 0.15) is 31.8 Å². The van der Waals surface area contributed by atoms with Gasteiger partial charge in [0.15, 0.2) is 0 Å². The second-order valence-corrected chi connectivity index (χ2v) is 5.01. The average molecular weight is 277 g/mol. The second-order valence-electron chi connectivity index (χ2n) is 5.01. The molecule has 2 aromatic carbocycles. The van der Waals surface area contributed by atoms with E-state index < -0.39 is 0 Å². The van der Waals surface area contributed by atoms with Crippen LogP contribution in [0.4, 0.5) is 0 Å². The molecule has 3 heteroatoms. The molecule has 0 saturated heterocycles. The molecule has 0 radical (unpaired) electrons. The Kier molecular flexibility index (Phi) is 3.40.